The SMILES string of the molecule is CC(C)N(C(=O)c1cc(-c2ccco2)nc2ccccc12)C1CCCC1. The summed E-state index contributed by atoms with van der Waals surface area (Å²) in [6.07, 6.45) is 6.23. The third kappa shape index (κ3) is 3.00. The average molecular weight is 348 g/mol. The molecule has 0 atom stereocenters. The van der Waals surface area contributed by atoms with Gasteiger partial charge < -0.3 is 9.32 Å². The fourth-order valence-electron chi connectivity index (χ4n) is 4.05. The van der Waals surface area contributed by atoms with Gasteiger partial charge in [-0.05, 0) is 51.0 Å². The van der Waals surface area contributed by atoms with E-state index in [9.17, 15) is 4.79 Å². The minimum atomic E-state index is 0.0957. The van der Waals surface area contributed by atoms with Crippen LogP contribution in [0.25, 0.3) is 22.4 Å². The Morgan fingerprint density at radius 2 is 1.92 bits per heavy atom. The zero-order valence-corrected chi connectivity index (χ0v) is 15.3. The van der Waals surface area contributed by atoms with Gasteiger partial charge in [0, 0.05) is 17.5 Å². The number of hydrogen-bond acceptors (Lipinski definition) is 3. The molecule has 4 nitrogen and oxygen atoms in total. The van der Waals surface area contributed by atoms with Crippen molar-refractivity contribution in [3.8, 4) is 11.5 Å². The van der Waals surface area contributed by atoms with Crippen LogP contribution in [-0.2, 0) is 0 Å². The third-order valence-electron chi connectivity index (χ3n) is 5.23. The lowest BCUT2D eigenvalue weighted by Crippen LogP contribution is -2.43. The van der Waals surface area contributed by atoms with E-state index in [-0.39, 0.29) is 11.9 Å². The summed E-state index contributed by atoms with van der Waals surface area (Å²) in [7, 11) is 0. The van der Waals surface area contributed by atoms with Gasteiger partial charge in [-0.3, -0.25) is 4.79 Å². The molecule has 0 spiro atoms. The van der Waals surface area contributed by atoms with Crippen molar-refractivity contribution in [3.63, 3.8) is 0 Å². The predicted octanol–water partition coefficient (Wildman–Crippen LogP) is 5.29. The number of nitrogens with zero attached hydrogens (tertiary/aromatic N) is 2. The minimum Gasteiger partial charge on any atom is -0.463 e. The highest BCUT2D eigenvalue weighted by molar-refractivity contribution is 6.07. The summed E-state index contributed by atoms with van der Waals surface area (Å²) in [5, 5.41) is 0.899. The molecule has 2 heterocycles. The van der Waals surface area contributed by atoms with Crippen LogP contribution < -0.4 is 0 Å². The second-order valence-electron chi connectivity index (χ2n) is 7.29. The summed E-state index contributed by atoms with van der Waals surface area (Å²) in [6, 6.07) is 14.0. The molecule has 134 valence electrons. The van der Waals surface area contributed by atoms with Crippen LogP contribution in [0, 0.1) is 0 Å². The second kappa shape index (κ2) is 6.94. The standard InChI is InChI=1S/C22H24N2O2/c1-15(2)24(16-8-3-4-9-16)22(25)18-14-20(21-12-7-13-26-21)23-19-11-6-5-10-17(18)19/h5-7,10-16H,3-4,8-9H2,1-2H3. The fraction of sp³-hybridized carbons (Fsp3) is 0.364. The Hall–Kier alpha value is -2.62. The van der Waals surface area contributed by atoms with Gasteiger partial charge in [0.25, 0.3) is 5.91 Å². The number of aromatic nitrogens is 1. The summed E-state index contributed by atoms with van der Waals surface area (Å²) in [5.41, 5.74) is 2.23. The molecule has 0 bridgehead atoms. The molecule has 2 aromatic heterocycles. The molecule has 1 aromatic carbocycles. The molecular weight excluding hydrogens is 324 g/mol. The van der Waals surface area contributed by atoms with Gasteiger partial charge in [-0.25, -0.2) is 4.98 Å². The van der Waals surface area contributed by atoms with Crippen LogP contribution in [0.2, 0.25) is 0 Å². The topological polar surface area (TPSA) is 46.3 Å². The largest absolute Gasteiger partial charge is 0.463 e. The maximum Gasteiger partial charge on any atom is 0.255 e. The lowest BCUT2D eigenvalue weighted by atomic mass is 10.0. The first-order valence-electron chi connectivity index (χ1n) is 9.41. The first-order chi connectivity index (χ1) is 12.6. The quantitative estimate of drug-likeness (QED) is 0.644. The Kier molecular flexibility index (Phi) is 4.49. The van der Waals surface area contributed by atoms with E-state index >= 15 is 0 Å². The second-order valence-corrected chi connectivity index (χ2v) is 7.29. The van der Waals surface area contributed by atoms with E-state index in [1.165, 1.54) is 12.8 Å². The normalized spacial score (nSPS) is 15.0. The van der Waals surface area contributed by atoms with E-state index in [1.54, 1.807) is 6.26 Å². The van der Waals surface area contributed by atoms with Crippen molar-refractivity contribution in [2.75, 3.05) is 0 Å². The summed E-state index contributed by atoms with van der Waals surface area (Å²) >= 11 is 0. The van der Waals surface area contributed by atoms with Gasteiger partial charge in [0.15, 0.2) is 5.76 Å². The number of benzene rings is 1. The molecule has 4 rings (SSSR count). The van der Waals surface area contributed by atoms with Gasteiger partial charge in [-0.15, -0.1) is 0 Å². The highest BCUT2D eigenvalue weighted by Crippen LogP contribution is 2.30. The van der Waals surface area contributed by atoms with Crippen molar-refractivity contribution in [1.29, 1.82) is 0 Å². The van der Waals surface area contributed by atoms with Crippen LogP contribution >= 0.6 is 0 Å². The van der Waals surface area contributed by atoms with Crippen molar-refractivity contribution in [2.24, 2.45) is 0 Å². The lowest BCUT2D eigenvalue weighted by Gasteiger charge is -2.33. The molecule has 1 fully saturated rings. The van der Waals surface area contributed by atoms with E-state index in [0.29, 0.717) is 23.1 Å². The number of carbonyl (C=O) groups is 1. The van der Waals surface area contributed by atoms with Gasteiger partial charge in [0.2, 0.25) is 0 Å². The molecule has 3 aromatic rings. The number of furan rings is 1. The van der Waals surface area contributed by atoms with Crippen LogP contribution in [0.3, 0.4) is 0 Å². The molecule has 1 aliphatic carbocycles. The molecule has 0 radical (unpaired) electrons. The molecule has 1 amide bonds. The number of fused-ring (bicyclic) bond motifs is 1. The van der Waals surface area contributed by atoms with Gasteiger partial charge >= 0.3 is 0 Å². The van der Waals surface area contributed by atoms with Gasteiger partial charge in [-0.2, -0.15) is 0 Å². The van der Waals surface area contributed by atoms with Gasteiger partial charge in [0.05, 0.1) is 17.3 Å². The van der Waals surface area contributed by atoms with Crippen LogP contribution in [0.5, 0.6) is 0 Å². The molecule has 1 aliphatic rings. The Balaban J connectivity index is 1.84. The van der Waals surface area contributed by atoms with Crippen LogP contribution in [0.4, 0.5) is 0 Å². The van der Waals surface area contributed by atoms with Crippen LogP contribution in [-0.4, -0.2) is 27.9 Å². The number of hydrogen-bond donors (Lipinski definition) is 0. The van der Waals surface area contributed by atoms with Gasteiger partial charge in [-0.1, -0.05) is 31.0 Å². The minimum absolute atomic E-state index is 0.0957. The maximum absolute atomic E-state index is 13.6. The molecule has 0 N–H and O–H groups in total. The van der Waals surface area contributed by atoms with Crippen molar-refractivity contribution in [1.82, 2.24) is 9.88 Å². The third-order valence-corrected chi connectivity index (χ3v) is 5.23. The summed E-state index contributed by atoms with van der Waals surface area (Å²) < 4.78 is 5.52. The highest BCUT2D eigenvalue weighted by atomic mass is 16.3. The summed E-state index contributed by atoms with van der Waals surface area (Å²) in [5.74, 6) is 0.778. The van der Waals surface area contributed by atoms with E-state index in [2.05, 4.69) is 18.7 Å². The smallest absolute Gasteiger partial charge is 0.255 e. The van der Waals surface area contributed by atoms with E-state index in [0.717, 1.165) is 23.7 Å². The lowest BCUT2D eigenvalue weighted by molar-refractivity contribution is 0.0615. The number of para-hydroxylation sites is 1. The van der Waals surface area contributed by atoms with Crippen molar-refractivity contribution < 1.29 is 9.21 Å². The number of rotatable bonds is 4. The Morgan fingerprint density at radius 3 is 2.62 bits per heavy atom. The molecule has 26 heavy (non-hydrogen) atoms. The molecule has 1 saturated carbocycles. The Morgan fingerprint density at radius 1 is 1.15 bits per heavy atom. The van der Waals surface area contributed by atoms with E-state index in [1.807, 2.05) is 42.5 Å². The molecule has 0 aliphatic heterocycles. The maximum atomic E-state index is 13.6. The molecule has 0 unspecified atom stereocenters. The van der Waals surface area contributed by atoms with Crippen molar-refractivity contribution in [3.05, 3.63) is 54.3 Å². The zero-order valence-electron chi connectivity index (χ0n) is 15.3. The molecule has 4 heteroatoms. The predicted molar refractivity (Wildman–Crippen MR) is 103 cm³/mol. The van der Waals surface area contributed by atoms with E-state index in [4.69, 9.17) is 9.40 Å². The van der Waals surface area contributed by atoms with E-state index < -0.39 is 0 Å². The summed E-state index contributed by atoms with van der Waals surface area (Å²) in [4.78, 5) is 20.3. The number of amides is 1. The van der Waals surface area contributed by atoms with Crippen LogP contribution in [0.15, 0.2) is 53.1 Å². The fourth-order valence-corrected chi connectivity index (χ4v) is 4.05. The first-order valence-corrected chi connectivity index (χ1v) is 9.41. The van der Waals surface area contributed by atoms with Crippen molar-refractivity contribution >= 4 is 16.8 Å². The molecular formula is C22H24N2O2. The average Bonchev–Trinajstić information content (AvgIpc) is 3.34. The van der Waals surface area contributed by atoms with Crippen molar-refractivity contribution in [2.45, 2.75) is 51.6 Å². The van der Waals surface area contributed by atoms with Gasteiger partial charge in [0.1, 0.15) is 5.69 Å². The number of carbonyl (C=O) groups excluding carboxylic acids is 1. The summed E-state index contributed by atoms with van der Waals surface area (Å²) in [6.45, 7) is 4.21. The Labute approximate surface area is 153 Å². The van der Waals surface area contributed by atoms with Crippen LogP contribution in [0.1, 0.15) is 49.9 Å². The monoisotopic (exact) mass is 348 g/mol. The number of pyridine rings is 1. The highest BCUT2D eigenvalue weighted by Gasteiger charge is 2.30. The molecule has 0 saturated heterocycles. The zero-order chi connectivity index (χ0) is 18.1. The Bertz CT molecular complexity index is 909. The first kappa shape index (κ1) is 16.8.